The van der Waals surface area contributed by atoms with E-state index in [0.717, 1.165) is 74.4 Å². The highest BCUT2D eigenvalue weighted by atomic mass is 15.4. The Bertz CT molecular complexity index is 3640. The molecule has 1 aliphatic heterocycles. The number of anilines is 3. The average Bonchev–Trinajstić information content (AvgIpc) is 4.06. The summed E-state index contributed by atoms with van der Waals surface area (Å²) in [6.45, 7) is 0.780. The average molecular weight is 797 g/mol. The molecular formula is C56H40N6. The summed E-state index contributed by atoms with van der Waals surface area (Å²) in [4.78, 5) is 15.3. The molecule has 6 nitrogen and oxygen atoms in total. The lowest BCUT2D eigenvalue weighted by molar-refractivity contribution is 0.948. The second kappa shape index (κ2) is 13.3. The lowest BCUT2D eigenvalue weighted by Crippen LogP contribution is -2.24. The third-order valence-corrected chi connectivity index (χ3v) is 13.3. The number of para-hydroxylation sites is 2. The van der Waals surface area contributed by atoms with Gasteiger partial charge >= 0.3 is 0 Å². The van der Waals surface area contributed by atoms with Crippen molar-refractivity contribution in [1.82, 2.24) is 19.1 Å². The molecule has 3 aromatic heterocycles. The molecule has 11 aromatic rings. The molecule has 0 bridgehead atoms. The molecule has 294 valence electrons. The predicted octanol–water partition coefficient (Wildman–Crippen LogP) is 13.3. The van der Waals surface area contributed by atoms with Gasteiger partial charge in [-0.15, -0.1) is 0 Å². The molecule has 0 saturated carbocycles. The number of pyridine rings is 1. The van der Waals surface area contributed by atoms with Crippen molar-refractivity contribution in [3.63, 3.8) is 0 Å². The summed E-state index contributed by atoms with van der Waals surface area (Å²) in [5, 5.41) is 4.70. The van der Waals surface area contributed by atoms with Crippen LogP contribution in [0.2, 0.25) is 0 Å². The first-order valence-electron chi connectivity index (χ1n) is 21.3. The van der Waals surface area contributed by atoms with E-state index < -0.39 is 0 Å². The normalized spacial score (nSPS) is 13.1. The van der Waals surface area contributed by atoms with Crippen LogP contribution in [0.4, 0.5) is 17.1 Å². The van der Waals surface area contributed by atoms with E-state index in [-0.39, 0.29) is 0 Å². The van der Waals surface area contributed by atoms with Gasteiger partial charge in [0.25, 0.3) is 0 Å². The van der Waals surface area contributed by atoms with Crippen LogP contribution in [-0.4, -0.2) is 32.8 Å². The maximum Gasteiger partial charge on any atom is 0.145 e. The predicted molar refractivity (Wildman–Crippen MR) is 257 cm³/mol. The van der Waals surface area contributed by atoms with E-state index >= 15 is 0 Å². The van der Waals surface area contributed by atoms with Gasteiger partial charge in [-0.25, -0.2) is 9.97 Å². The molecule has 0 unspecified atom stereocenters. The Morgan fingerprint density at radius 2 is 1.23 bits per heavy atom. The van der Waals surface area contributed by atoms with Crippen molar-refractivity contribution >= 4 is 60.8 Å². The van der Waals surface area contributed by atoms with Crippen molar-refractivity contribution in [3.8, 4) is 50.5 Å². The number of benzene rings is 8. The second-order valence-electron chi connectivity index (χ2n) is 16.9. The Kier molecular flexibility index (Phi) is 7.46. The minimum Gasteiger partial charge on any atom is -0.355 e. The van der Waals surface area contributed by atoms with Gasteiger partial charge in [0.05, 0.1) is 34.6 Å². The summed E-state index contributed by atoms with van der Waals surface area (Å²) >= 11 is 0. The molecule has 8 aromatic carbocycles. The van der Waals surface area contributed by atoms with Crippen LogP contribution in [0.25, 0.3) is 94.2 Å². The van der Waals surface area contributed by atoms with Crippen molar-refractivity contribution < 1.29 is 0 Å². The molecule has 0 fully saturated rings. The summed E-state index contributed by atoms with van der Waals surface area (Å²) in [6.07, 6.45) is 3.02. The molecule has 0 atom stereocenters. The second-order valence-corrected chi connectivity index (χ2v) is 16.9. The van der Waals surface area contributed by atoms with Crippen LogP contribution < -0.4 is 9.80 Å². The van der Waals surface area contributed by atoms with Gasteiger partial charge in [0.2, 0.25) is 0 Å². The number of rotatable bonds is 5. The van der Waals surface area contributed by atoms with Gasteiger partial charge in [-0.05, 0) is 111 Å². The van der Waals surface area contributed by atoms with Gasteiger partial charge in [-0.1, -0.05) is 121 Å². The van der Waals surface area contributed by atoms with E-state index in [4.69, 9.17) is 9.97 Å². The number of imidazole rings is 1. The Balaban J connectivity index is 0.958. The van der Waals surface area contributed by atoms with Gasteiger partial charge in [-0.2, -0.15) is 0 Å². The van der Waals surface area contributed by atoms with Crippen molar-refractivity contribution in [3.05, 3.63) is 193 Å². The molecular weight excluding hydrogens is 757 g/mol. The molecule has 6 heteroatoms. The minimum atomic E-state index is 0.780. The zero-order chi connectivity index (χ0) is 41.1. The number of nitrogens with zero attached hydrogens (tertiary/aromatic N) is 6. The van der Waals surface area contributed by atoms with Gasteiger partial charge in [0.15, 0.2) is 0 Å². The minimum absolute atomic E-state index is 0.780. The third kappa shape index (κ3) is 5.23. The molecule has 62 heavy (non-hydrogen) atoms. The monoisotopic (exact) mass is 796 g/mol. The highest BCUT2D eigenvalue weighted by molar-refractivity contribution is 6.11. The highest BCUT2D eigenvalue weighted by Crippen LogP contribution is 2.43. The number of aromatic nitrogens is 4. The SMILES string of the molecule is CN1CN(c2cccc(-n3c4cc(-c5nc6cc(-c7ccc8c(c7)Cc7ccccc7-8)ccc6n5C)ccc4c4cc(-c5cccc6ccccc56)cnc43)c2)c2ccccc21. The zero-order valence-electron chi connectivity index (χ0n) is 34.4. The van der Waals surface area contributed by atoms with Crippen LogP contribution in [0.15, 0.2) is 182 Å². The molecule has 0 N–H and O–H groups in total. The molecule has 1 aliphatic carbocycles. The van der Waals surface area contributed by atoms with Crippen molar-refractivity contribution in [1.29, 1.82) is 0 Å². The smallest absolute Gasteiger partial charge is 0.145 e. The maximum absolute atomic E-state index is 5.34. The van der Waals surface area contributed by atoms with E-state index in [1.54, 1.807) is 0 Å². The number of aryl methyl sites for hydroxylation is 1. The molecule has 0 spiro atoms. The molecule has 13 rings (SSSR count). The molecule has 2 aliphatic rings. The quantitative estimate of drug-likeness (QED) is 0.174. The molecule has 0 radical (unpaired) electrons. The largest absolute Gasteiger partial charge is 0.355 e. The van der Waals surface area contributed by atoms with Gasteiger partial charge in [0, 0.05) is 53.6 Å². The first-order chi connectivity index (χ1) is 30.5. The van der Waals surface area contributed by atoms with E-state index in [2.05, 4.69) is 209 Å². The van der Waals surface area contributed by atoms with Gasteiger partial charge < -0.3 is 14.4 Å². The van der Waals surface area contributed by atoms with Crippen LogP contribution in [0.3, 0.4) is 0 Å². The lowest BCUT2D eigenvalue weighted by atomic mass is 9.98. The van der Waals surface area contributed by atoms with E-state index in [0.29, 0.717) is 0 Å². The van der Waals surface area contributed by atoms with Crippen LogP contribution in [-0.2, 0) is 13.5 Å². The Morgan fingerprint density at radius 1 is 0.484 bits per heavy atom. The highest BCUT2D eigenvalue weighted by Gasteiger charge is 2.25. The third-order valence-electron chi connectivity index (χ3n) is 13.3. The standard InChI is InChI=1S/C56H40N6/c1-59-34-61(53-20-8-7-19-52(53)59)42-14-10-15-43(32-42)62-54-31-39(22-25-48(54)49-29-41(33-57-56(49)62)46-18-9-13-35-11-3-5-16-44(35)46)55-58-50-30-37(23-26-51(50)60(55)2)36-21-24-47-40(27-36)28-38-12-4-6-17-45(38)47/h3-27,29-33H,28,34H2,1-2H3. The van der Waals surface area contributed by atoms with Crippen LogP contribution >= 0.6 is 0 Å². The van der Waals surface area contributed by atoms with E-state index in [9.17, 15) is 0 Å². The zero-order valence-corrected chi connectivity index (χ0v) is 34.4. The number of hydrogen-bond acceptors (Lipinski definition) is 4. The fourth-order valence-corrected chi connectivity index (χ4v) is 10.3. The lowest BCUT2D eigenvalue weighted by Gasteiger charge is -2.20. The fraction of sp³-hybridized carbons (Fsp3) is 0.0714. The van der Waals surface area contributed by atoms with Crippen molar-refractivity contribution in [2.75, 3.05) is 23.5 Å². The molecule has 0 amide bonds. The first kappa shape index (κ1) is 34.9. The first-order valence-corrected chi connectivity index (χ1v) is 21.3. The topological polar surface area (TPSA) is 42.1 Å². The molecule has 0 saturated heterocycles. The van der Waals surface area contributed by atoms with Gasteiger partial charge in [0.1, 0.15) is 11.5 Å². The summed E-state index contributed by atoms with van der Waals surface area (Å²) in [6, 6.07) is 64.1. The van der Waals surface area contributed by atoms with Gasteiger partial charge in [-0.3, -0.25) is 4.57 Å². The summed E-state index contributed by atoms with van der Waals surface area (Å²) in [5.74, 6) is 0.926. The maximum atomic E-state index is 5.34. The van der Waals surface area contributed by atoms with Crippen LogP contribution in [0, 0.1) is 0 Å². The van der Waals surface area contributed by atoms with Crippen molar-refractivity contribution in [2.24, 2.45) is 7.05 Å². The van der Waals surface area contributed by atoms with Crippen LogP contribution in [0.5, 0.6) is 0 Å². The van der Waals surface area contributed by atoms with E-state index in [1.807, 2.05) is 6.20 Å². The number of fused-ring (bicyclic) bond motifs is 9. The Labute approximate surface area is 359 Å². The van der Waals surface area contributed by atoms with Crippen molar-refractivity contribution in [2.45, 2.75) is 6.42 Å². The fourth-order valence-electron chi connectivity index (χ4n) is 10.3. The molecule has 4 heterocycles. The van der Waals surface area contributed by atoms with E-state index in [1.165, 1.54) is 61.1 Å². The van der Waals surface area contributed by atoms with Crippen LogP contribution in [0.1, 0.15) is 11.1 Å². The Morgan fingerprint density at radius 3 is 2.18 bits per heavy atom. The summed E-state index contributed by atoms with van der Waals surface area (Å²) in [5.41, 5.74) is 19.9. The Hall–Kier alpha value is -7.96. The number of hydrogen-bond donors (Lipinski definition) is 0. The summed E-state index contributed by atoms with van der Waals surface area (Å²) in [7, 11) is 4.28. The summed E-state index contributed by atoms with van der Waals surface area (Å²) < 4.78 is 4.56.